The molecule has 1 unspecified atom stereocenters. The zero-order chi connectivity index (χ0) is 15.6. The zero-order valence-electron chi connectivity index (χ0n) is 11.5. The number of rotatable bonds is 5. The predicted molar refractivity (Wildman–Crippen MR) is 82.1 cm³/mol. The molecule has 0 bridgehead atoms. The van der Waals surface area contributed by atoms with Crippen LogP contribution < -0.4 is 10.5 Å². The van der Waals surface area contributed by atoms with E-state index in [4.69, 9.17) is 18.0 Å². The van der Waals surface area contributed by atoms with Crippen LogP contribution in [0.4, 0.5) is 0 Å². The molecule has 0 amide bonds. The summed E-state index contributed by atoms with van der Waals surface area (Å²) in [5, 5.41) is 7.62. The minimum atomic E-state index is -3.78. The average molecular weight is 325 g/mol. The maximum Gasteiger partial charge on any atom is 0.241 e. The number of nitrogens with one attached hydrogen (secondary N) is 1. The second-order valence-electron chi connectivity index (χ2n) is 4.50. The van der Waals surface area contributed by atoms with Crippen molar-refractivity contribution in [3.05, 3.63) is 42.0 Å². The molecule has 21 heavy (non-hydrogen) atoms. The number of hydrogen-bond donors (Lipinski definition) is 2. The fraction of sp³-hybridized carbons (Fsp3) is 0.250. The average Bonchev–Trinajstić information content (AvgIpc) is 2.84. The number of aryl methyl sites for hydroxylation is 1. The Morgan fingerprint density at radius 1 is 1.43 bits per heavy atom. The Morgan fingerprint density at radius 3 is 2.67 bits per heavy atom. The van der Waals surface area contributed by atoms with Crippen molar-refractivity contribution >= 4 is 27.2 Å². The van der Waals surface area contributed by atoms with Crippen LogP contribution in [0.25, 0.3) is 0 Å². The first kappa shape index (κ1) is 15.5. The first-order valence-electron chi connectivity index (χ1n) is 6.08. The smallest absolute Gasteiger partial charge is 0.241 e. The Labute approximate surface area is 128 Å². The van der Waals surface area contributed by atoms with Gasteiger partial charge in [0.15, 0.2) is 0 Å². The van der Waals surface area contributed by atoms with E-state index >= 15 is 0 Å². The number of nitrogens with zero attached hydrogens (tertiary/aromatic N) is 3. The molecule has 0 saturated carbocycles. The lowest BCUT2D eigenvalue weighted by Crippen LogP contribution is -2.30. The maximum absolute atomic E-state index is 12.5. The SMILES string of the molecule is CC(NS(=O)(=O)c1ccccc1C(N)=S)c1nncn1C. The maximum atomic E-state index is 12.5. The molecule has 112 valence electrons. The molecule has 1 atom stereocenters. The summed E-state index contributed by atoms with van der Waals surface area (Å²) in [6.45, 7) is 1.69. The summed E-state index contributed by atoms with van der Waals surface area (Å²) in [6, 6.07) is 5.79. The van der Waals surface area contributed by atoms with Crippen LogP contribution in [-0.2, 0) is 17.1 Å². The van der Waals surface area contributed by atoms with Gasteiger partial charge in [-0.15, -0.1) is 10.2 Å². The van der Waals surface area contributed by atoms with Gasteiger partial charge in [0.25, 0.3) is 0 Å². The van der Waals surface area contributed by atoms with Gasteiger partial charge >= 0.3 is 0 Å². The van der Waals surface area contributed by atoms with Gasteiger partial charge in [0.1, 0.15) is 17.1 Å². The van der Waals surface area contributed by atoms with Gasteiger partial charge in [0.2, 0.25) is 10.0 Å². The van der Waals surface area contributed by atoms with Gasteiger partial charge in [-0.25, -0.2) is 13.1 Å². The van der Waals surface area contributed by atoms with Gasteiger partial charge in [-0.3, -0.25) is 0 Å². The van der Waals surface area contributed by atoms with E-state index in [1.54, 1.807) is 36.7 Å². The molecule has 7 nitrogen and oxygen atoms in total. The number of aromatic nitrogens is 3. The van der Waals surface area contributed by atoms with E-state index in [1.165, 1.54) is 12.4 Å². The standard InChI is InChI=1S/C12H15N5O2S2/c1-8(12-15-14-7-17(12)2)16-21(18,19)10-6-4-3-5-9(10)11(13)20/h3-8,16H,1-2H3,(H2,13,20). The number of thiocarbonyl (C=S) groups is 1. The van der Waals surface area contributed by atoms with Gasteiger partial charge in [-0.1, -0.05) is 30.4 Å². The molecule has 9 heteroatoms. The minimum Gasteiger partial charge on any atom is -0.389 e. The topological polar surface area (TPSA) is 103 Å². The highest BCUT2D eigenvalue weighted by Crippen LogP contribution is 2.18. The van der Waals surface area contributed by atoms with Crippen molar-refractivity contribution in [1.82, 2.24) is 19.5 Å². The van der Waals surface area contributed by atoms with Crippen LogP contribution in [0.5, 0.6) is 0 Å². The van der Waals surface area contributed by atoms with Crippen LogP contribution in [0.1, 0.15) is 24.4 Å². The molecule has 1 heterocycles. The monoisotopic (exact) mass is 325 g/mol. The predicted octanol–water partition coefficient (Wildman–Crippen LogP) is 0.489. The van der Waals surface area contributed by atoms with E-state index in [0.717, 1.165) is 0 Å². The highest BCUT2D eigenvalue weighted by Gasteiger charge is 2.24. The van der Waals surface area contributed by atoms with Gasteiger partial charge in [-0.05, 0) is 13.0 Å². The zero-order valence-corrected chi connectivity index (χ0v) is 13.1. The number of sulfonamides is 1. The quantitative estimate of drug-likeness (QED) is 0.776. The second-order valence-corrected chi connectivity index (χ2v) is 6.63. The van der Waals surface area contributed by atoms with E-state index in [9.17, 15) is 8.42 Å². The van der Waals surface area contributed by atoms with Crippen molar-refractivity contribution in [3.63, 3.8) is 0 Å². The largest absolute Gasteiger partial charge is 0.389 e. The highest BCUT2D eigenvalue weighted by atomic mass is 32.2. The number of benzene rings is 1. The molecular formula is C12H15N5O2S2. The molecule has 0 aliphatic rings. The molecule has 1 aromatic heterocycles. The number of hydrogen-bond acceptors (Lipinski definition) is 5. The van der Waals surface area contributed by atoms with E-state index in [-0.39, 0.29) is 9.88 Å². The molecule has 3 N–H and O–H groups in total. The minimum absolute atomic E-state index is 0.0299. The molecule has 0 radical (unpaired) electrons. The first-order valence-corrected chi connectivity index (χ1v) is 7.97. The summed E-state index contributed by atoms with van der Waals surface area (Å²) in [7, 11) is -2.04. The molecule has 1 aromatic carbocycles. The van der Waals surface area contributed by atoms with E-state index in [2.05, 4.69) is 14.9 Å². The lowest BCUT2D eigenvalue weighted by molar-refractivity contribution is 0.553. The Balaban J connectivity index is 2.36. The van der Waals surface area contributed by atoms with Crippen molar-refractivity contribution < 1.29 is 8.42 Å². The first-order chi connectivity index (χ1) is 9.83. The Kier molecular flexibility index (Phi) is 4.35. The van der Waals surface area contributed by atoms with Gasteiger partial charge in [0.05, 0.1) is 10.9 Å². The summed E-state index contributed by atoms with van der Waals surface area (Å²) < 4.78 is 29.2. The highest BCUT2D eigenvalue weighted by molar-refractivity contribution is 7.89. The second kappa shape index (κ2) is 5.88. The molecule has 0 aliphatic carbocycles. The van der Waals surface area contributed by atoms with E-state index in [0.29, 0.717) is 11.4 Å². The summed E-state index contributed by atoms with van der Waals surface area (Å²) in [5.74, 6) is 0.506. The van der Waals surface area contributed by atoms with E-state index in [1.807, 2.05) is 0 Å². The lowest BCUT2D eigenvalue weighted by Gasteiger charge is -2.15. The number of nitrogens with two attached hydrogens (primary N) is 1. The van der Waals surface area contributed by atoms with Crippen LogP contribution >= 0.6 is 12.2 Å². The lowest BCUT2D eigenvalue weighted by atomic mass is 10.2. The summed E-state index contributed by atoms with van der Waals surface area (Å²) in [4.78, 5) is 0.0776. The van der Waals surface area contributed by atoms with Crippen molar-refractivity contribution in [1.29, 1.82) is 0 Å². The Morgan fingerprint density at radius 2 is 2.10 bits per heavy atom. The van der Waals surface area contributed by atoms with Crippen molar-refractivity contribution in [2.45, 2.75) is 17.9 Å². The molecular weight excluding hydrogens is 310 g/mol. The molecule has 0 fully saturated rings. The molecule has 0 saturated heterocycles. The third-order valence-corrected chi connectivity index (χ3v) is 4.73. The fourth-order valence-electron chi connectivity index (χ4n) is 1.94. The molecule has 0 spiro atoms. The Bertz CT molecular complexity index is 769. The third-order valence-electron chi connectivity index (χ3n) is 2.91. The van der Waals surface area contributed by atoms with Crippen molar-refractivity contribution in [3.8, 4) is 0 Å². The van der Waals surface area contributed by atoms with Crippen molar-refractivity contribution in [2.24, 2.45) is 12.8 Å². The molecule has 0 aliphatic heterocycles. The third kappa shape index (κ3) is 3.26. The Hall–Kier alpha value is -1.84. The van der Waals surface area contributed by atoms with E-state index < -0.39 is 16.1 Å². The normalized spacial score (nSPS) is 13.0. The van der Waals surface area contributed by atoms with Gasteiger partial charge < -0.3 is 10.3 Å². The molecule has 2 aromatic rings. The van der Waals surface area contributed by atoms with Crippen LogP contribution in [0.2, 0.25) is 0 Å². The fourth-order valence-corrected chi connectivity index (χ4v) is 3.60. The summed E-state index contributed by atoms with van der Waals surface area (Å²) in [5.41, 5.74) is 5.88. The summed E-state index contributed by atoms with van der Waals surface area (Å²) >= 11 is 4.89. The van der Waals surface area contributed by atoms with Crippen LogP contribution in [0.3, 0.4) is 0 Å². The van der Waals surface area contributed by atoms with Crippen LogP contribution in [0, 0.1) is 0 Å². The van der Waals surface area contributed by atoms with Gasteiger partial charge in [0, 0.05) is 12.6 Å². The van der Waals surface area contributed by atoms with Crippen molar-refractivity contribution in [2.75, 3.05) is 0 Å². The summed E-state index contributed by atoms with van der Waals surface area (Å²) in [6.07, 6.45) is 1.50. The van der Waals surface area contributed by atoms with Crippen LogP contribution in [-0.4, -0.2) is 28.2 Å². The molecule has 2 rings (SSSR count). The van der Waals surface area contributed by atoms with Crippen LogP contribution in [0.15, 0.2) is 35.5 Å². The van der Waals surface area contributed by atoms with Gasteiger partial charge in [-0.2, -0.15) is 0 Å².